The van der Waals surface area contributed by atoms with Crippen molar-refractivity contribution in [1.29, 1.82) is 0 Å². The van der Waals surface area contributed by atoms with E-state index in [1.54, 1.807) is 0 Å². The number of carbonyl (C=O) groups is 1. The van der Waals surface area contributed by atoms with Crippen molar-refractivity contribution in [3.05, 3.63) is 59.4 Å². The molecule has 12 heteroatoms. The number of rotatable bonds is 8. The molecule has 1 aromatic carbocycles. The molecule has 1 amide bonds. The Morgan fingerprint density at radius 2 is 1.77 bits per heavy atom. The number of hydrogen-bond acceptors (Lipinski definition) is 5. The van der Waals surface area contributed by atoms with E-state index in [1.165, 1.54) is 45.4 Å². The van der Waals surface area contributed by atoms with E-state index in [0.29, 0.717) is 0 Å². The first-order chi connectivity index (χ1) is 16.2. The molecule has 35 heavy (non-hydrogen) atoms. The predicted octanol–water partition coefficient (Wildman–Crippen LogP) is 5.87. The second kappa shape index (κ2) is 10.4. The Bertz CT molecular complexity index is 1190. The molecule has 188 valence electrons. The number of benzene rings is 1. The minimum absolute atomic E-state index is 0.0135. The van der Waals surface area contributed by atoms with Gasteiger partial charge in [-0.3, -0.25) is 0 Å². The number of nitrogens with one attached hydrogen (secondary N) is 1. The van der Waals surface area contributed by atoms with Crippen LogP contribution in [-0.4, -0.2) is 46.7 Å². The fraction of sp³-hybridized carbons (Fsp3) is 0.348. The van der Waals surface area contributed by atoms with Gasteiger partial charge in [0.25, 0.3) is 0 Å². The Kier molecular flexibility index (Phi) is 8.17. The van der Waals surface area contributed by atoms with Crippen molar-refractivity contribution in [1.82, 2.24) is 19.5 Å². The van der Waals surface area contributed by atoms with E-state index in [1.807, 2.05) is 12.1 Å². The number of ether oxygens (including phenoxy) is 1. The average Bonchev–Trinajstić information content (AvgIpc) is 3.24. The summed E-state index contributed by atoms with van der Waals surface area (Å²) in [5.41, 5.74) is -1.85. The molecule has 0 spiro atoms. The Morgan fingerprint density at radius 3 is 2.34 bits per heavy atom. The third kappa shape index (κ3) is 6.95. The van der Waals surface area contributed by atoms with E-state index in [9.17, 15) is 18.0 Å². The van der Waals surface area contributed by atoms with Crippen LogP contribution in [0.4, 0.5) is 13.2 Å². The zero-order valence-corrected chi connectivity index (χ0v) is 23.6. The summed E-state index contributed by atoms with van der Waals surface area (Å²) in [6.07, 6.45) is -2.92. The number of aromatic nitrogens is 3. The summed E-state index contributed by atoms with van der Waals surface area (Å²) in [6, 6.07) is 12.6. The SMILES string of the molecule is CC(C)(COc1ccn(-c2ccc(C(=O)NSc3cc[c]([Ge]([CH3])([CH3])[CH3])cc3)c(Cl)n2)n1)C(F)(F)F. The largest absolute Gasteiger partial charge is 0.397 e. The molecular formula is C23H26ClF3GeN4O2S. The quantitative estimate of drug-likeness (QED) is 0.203. The van der Waals surface area contributed by atoms with Crippen LogP contribution in [0.1, 0.15) is 24.2 Å². The molecule has 0 atom stereocenters. The summed E-state index contributed by atoms with van der Waals surface area (Å²) in [5, 5.41) is 4.05. The maximum absolute atomic E-state index is 13.0. The number of halogens is 4. The van der Waals surface area contributed by atoms with Crippen LogP contribution in [0.15, 0.2) is 53.6 Å². The van der Waals surface area contributed by atoms with Gasteiger partial charge in [0.1, 0.15) is 6.61 Å². The Balaban J connectivity index is 1.63. The molecule has 0 unspecified atom stereocenters. The van der Waals surface area contributed by atoms with Gasteiger partial charge in [0.2, 0.25) is 5.88 Å². The van der Waals surface area contributed by atoms with Crippen molar-refractivity contribution < 1.29 is 22.7 Å². The molecule has 0 saturated carbocycles. The minimum atomic E-state index is -4.41. The van der Waals surface area contributed by atoms with Gasteiger partial charge in [-0.05, 0) is 13.8 Å². The number of alkyl halides is 3. The summed E-state index contributed by atoms with van der Waals surface area (Å²) >= 11 is 5.52. The monoisotopic (exact) mass is 588 g/mol. The standard InChI is InChI=1S/C23H26ClF3GeN4O2S/c1-22(2,23(25,26)27)14-34-19-12-13-32(30-19)18-11-10-17(20(24)29-18)21(33)31-35-16-8-6-15(7-9-16)28(3,4)5/h6-13H,14H2,1-5H3,(H,31,33). The van der Waals surface area contributed by atoms with Gasteiger partial charge >= 0.3 is 148 Å². The fourth-order valence-electron chi connectivity index (χ4n) is 2.75. The summed E-state index contributed by atoms with van der Waals surface area (Å²) in [7, 11) is 0. The van der Waals surface area contributed by atoms with E-state index < -0.39 is 37.4 Å². The van der Waals surface area contributed by atoms with Crippen LogP contribution in [0.5, 0.6) is 5.88 Å². The number of hydrogen-bond donors (Lipinski definition) is 1. The average molecular weight is 588 g/mol. The molecule has 0 aliphatic heterocycles. The topological polar surface area (TPSA) is 69.0 Å². The van der Waals surface area contributed by atoms with Gasteiger partial charge in [-0.15, -0.1) is 5.10 Å². The molecule has 0 saturated heterocycles. The molecule has 0 aliphatic rings. The van der Waals surface area contributed by atoms with Crippen molar-refractivity contribution in [3.8, 4) is 11.7 Å². The van der Waals surface area contributed by atoms with E-state index >= 15 is 0 Å². The molecule has 3 rings (SSSR count). The van der Waals surface area contributed by atoms with Crippen molar-refractivity contribution in [2.45, 2.75) is 42.2 Å². The molecule has 3 aromatic rings. The smallest absolute Gasteiger partial charge is 0.170 e. The van der Waals surface area contributed by atoms with Crippen LogP contribution in [0.3, 0.4) is 0 Å². The zero-order chi connectivity index (χ0) is 26.0. The van der Waals surface area contributed by atoms with Crippen molar-refractivity contribution in [2.75, 3.05) is 6.61 Å². The van der Waals surface area contributed by atoms with Gasteiger partial charge in [-0.1, -0.05) is 0 Å². The first kappa shape index (κ1) is 27.4. The van der Waals surface area contributed by atoms with E-state index in [2.05, 4.69) is 44.2 Å². The summed E-state index contributed by atoms with van der Waals surface area (Å²) in [6.45, 7) is 1.52. The molecule has 0 aliphatic carbocycles. The molecule has 1 N–H and O–H groups in total. The van der Waals surface area contributed by atoms with Crippen LogP contribution in [0, 0.1) is 5.41 Å². The predicted molar refractivity (Wildman–Crippen MR) is 134 cm³/mol. The first-order valence-electron chi connectivity index (χ1n) is 10.7. The zero-order valence-electron chi connectivity index (χ0n) is 19.9. The maximum Gasteiger partial charge on any atom is 0.397 e. The molecule has 2 heterocycles. The van der Waals surface area contributed by atoms with E-state index in [4.69, 9.17) is 16.3 Å². The normalized spacial score (nSPS) is 12.5. The Labute approximate surface area is 214 Å². The van der Waals surface area contributed by atoms with Crippen LogP contribution in [-0.2, 0) is 0 Å². The second-order valence-electron chi connectivity index (χ2n) is 9.58. The summed E-state index contributed by atoms with van der Waals surface area (Å²) < 4.78 is 49.7. The number of carbonyl (C=O) groups excluding carboxylic acids is 1. The number of amides is 1. The first-order valence-corrected chi connectivity index (χ1v) is 19.2. The van der Waals surface area contributed by atoms with Crippen LogP contribution in [0.25, 0.3) is 5.82 Å². The fourth-order valence-corrected chi connectivity index (χ4v) is 6.03. The summed E-state index contributed by atoms with van der Waals surface area (Å²) in [4.78, 5) is 17.7. The van der Waals surface area contributed by atoms with Crippen molar-refractivity contribution >= 4 is 47.1 Å². The second-order valence-corrected chi connectivity index (χ2v) is 21.5. The van der Waals surface area contributed by atoms with E-state index in [0.717, 1.165) is 18.7 Å². The molecule has 0 bridgehead atoms. The Morgan fingerprint density at radius 1 is 1.11 bits per heavy atom. The van der Waals surface area contributed by atoms with E-state index in [-0.39, 0.29) is 22.4 Å². The molecule has 6 nitrogen and oxygen atoms in total. The minimum Gasteiger partial charge on any atom is -0.170 e. The van der Waals surface area contributed by atoms with Gasteiger partial charge in [-0.2, -0.15) is 13.2 Å². The van der Waals surface area contributed by atoms with Crippen molar-refractivity contribution in [2.24, 2.45) is 5.41 Å². The Hall–Kier alpha value is -2.18. The molecule has 2 aromatic heterocycles. The van der Waals surface area contributed by atoms with Crippen LogP contribution in [0.2, 0.25) is 22.4 Å². The third-order valence-electron chi connectivity index (χ3n) is 5.21. The van der Waals surface area contributed by atoms with Crippen molar-refractivity contribution in [3.63, 3.8) is 0 Å². The van der Waals surface area contributed by atoms with Gasteiger partial charge in [-0.25, -0.2) is 0 Å². The molecule has 0 fully saturated rings. The number of pyridine rings is 1. The van der Waals surface area contributed by atoms with Gasteiger partial charge in [0.15, 0.2) is 0 Å². The molecular weight excluding hydrogens is 561 g/mol. The summed E-state index contributed by atoms with van der Waals surface area (Å²) in [5.74, 6) is 6.83. The molecule has 0 radical (unpaired) electrons. The van der Waals surface area contributed by atoms with Gasteiger partial charge in [0, 0.05) is 12.3 Å². The van der Waals surface area contributed by atoms with Crippen LogP contribution < -0.4 is 13.9 Å². The number of nitrogens with zero attached hydrogens (tertiary/aromatic N) is 3. The van der Waals surface area contributed by atoms with Crippen LogP contribution >= 0.6 is 23.5 Å². The van der Waals surface area contributed by atoms with Gasteiger partial charge < -0.3 is 4.74 Å². The van der Waals surface area contributed by atoms with Gasteiger partial charge in [0.05, 0.1) is 5.41 Å². The maximum atomic E-state index is 13.0. The third-order valence-corrected chi connectivity index (χ3v) is 10.6.